The first-order chi connectivity index (χ1) is 11.2. The summed E-state index contributed by atoms with van der Waals surface area (Å²) in [6.45, 7) is 5.29. The number of sulfonamides is 1. The van der Waals surface area contributed by atoms with Crippen LogP contribution in [0.2, 0.25) is 0 Å². The number of anilines is 1. The molecule has 0 aliphatic carbocycles. The van der Waals surface area contributed by atoms with Crippen molar-refractivity contribution in [3.63, 3.8) is 0 Å². The predicted molar refractivity (Wildman–Crippen MR) is 93.3 cm³/mol. The van der Waals surface area contributed by atoms with Gasteiger partial charge in [-0.2, -0.15) is 4.31 Å². The molecule has 0 aliphatic rings. The molecule has 0 saturated heterocycles. The van der Waals surface area contributed by atoms with Gasteiger partial charge in [0.25, 0.3) is 0 Å². The van der Waals surface area contributed by atoms with Gasteiger partial charge < -0.3 is 5.32 Å². The molecule has 0 saturated carbocycles. The van der Waals surface area contributed by atoms with Crippen molar-refractivity contribution >= 4 is 21.6 Å². The minimum atomic E-state index is -3.70. The van der Waals surface area contributed by atoms with E-state index in [1.165, 1.54) is 19.2 Å². The first kappa shape index (κ1) is 18.1. The molecule has 0 bridgehead atoms. The smallest absolute Gasteiger partial charge is 0.243 e. The van der Waals surface area contributed by atoms with Gasteiger partial charge in [-0.25, -0.2) is 8.42 Å². The summed E-state index contributed by atoms with van der Waals surface area (Å²) in [7, 11) is -2.31. The van der Waals surface area contributed by atoms with E-state index >= 15 is 0 Å². The van der Waals surface area contributed by atoms with E-state index in [2.05, 4.69) is 10.3 Å². The lowest BCUT2D eigenvalue weighted by atomic mass is 10.1. The highest BCUT2D eigenvalue weighted by molar-refractivity contribution is 7.89. The second-order valence-corrected chi connectivity index (χ2v) is 7.71. The Bertz CT molecular complexity index is 826. The largest absolute Gasteiger partial charge is 0.323 e. The first-order valence-corrected chi connectivity index (χ1v) is 8.92. The third kappa shape index (κ3) is 3.98. The molecule has 0 spiro atoms. The molecule has 0 aliphatic heterocycles. The highest BCUT2D eigenvalue weighted by Crippen LogP contribution is 2.19. The van der Waals surface area contributed by atoms with E-state index < -0.39 is 15.9 Å². The Morgan fingerprint density at radius 2 is 1.79 bits per heavy atom. The highest BCUT2D eigenvalue weighted by Gasteiger charge is 2.23. The van der Waals surface area contributed by atoms with E-state index in [4.69, 9.17) is 0 Å². The van der Waals surface area contributed by atoms with Crippen LogP contribution in [0, 0.1) is 20.8 Å². The number of nitrogens with zero attached hydrogens (tertiary/aromatic N) is 2. The van der Waals surface area contributed by atoms with E-state index in [9.17, 15) is 13.2 Å². The van der Waals surface area contributed by atoms with Gasteiger partial charge >= 0.3 is 0 Å². The number of aromatic nitrogens is 1. The van der Waals surface area contributed by atoms with Crippen LogP contribution in [0.25, 0.3) is 0 Å². The normalized spacial score (nSPS) is 11.5. The van der Waals surface area contributed by atoms with Gasteiger partial charge in [-0.05, 0) is 44.5 Å². The van der Waals surface area contributed by atoms with Crippen LogP contribution in [0.15, 0.2) is 41.3 Å². The summed E-state index contributed by atoms with van der Waals surface area (Å²) >= 11 is 0. The number of nitrogens with one attached hydrogen (secondary N) is 1. The van der Waals surface area contributed by atoms with Crippen molar-refractivity contribution < 1.29 is 13.2 Å². The van der Waals surface area contributed by atoms with Crippen molar-refractivity contribution in [2.75, 3.05) is 18.9 Å². The molecule has 1 aromatic heterocycles. The summed E-state index contributed by atoms with van der Waals surface area (Å²) < 4.78 is 25.9. The van der Waals surface area contributed by atoms with Gasteiger partial charge in [0.1, 0.15) is 0 Å². The molecule has 0 unspecified atom stereocenters. The fourth-order valence-corrected chi connectivity index (χ4v) is 3.60. The molecule has 6 nitrogen and oxygen atoms in total. The maximum atomic E-state index is 12.4. The Labute approximate surface area is 142 Å². The highest BCUT2D eigenvalue weighted by atomic mass is 32.2. The number of carbonyl (C=O) groups is 1. The predicted octanol–water partition coefficient (Wildman–Crippen LogP) is 2.27. The number of likely N-dealkylation sites (N-methyl/N-ethyl adjacent to an activating group) is 1. The molecular formula is C17H21N3O3S. The Hall–Kier alpha value is -2.25. The summed E-state index contributed by atoms with van der Waals surface area (Å²) in [6.07, 6.45) is 0. The molecule has 1 amide bonds. The Kier molecular flexibility index (Phi) is 5.36. The van der Waals surface area contributed by atoms with Gasteiger partial charge in [0.15, 0.2) is 0 Å². The molecule has 1 heterocycles. The molecule has 1 aromatic carbocycles. The Balaban J connectivity index is 2.13. The molecule has 7 heteroatoms. The van der Waals surface area contributed by atoms with Crippen LogP contribution >= 0.6 is 0 Å². The minimum Gasteiger partial charge on any atom is -0.323 e. The van der Waals surface area contributed by atoms with Crippen LogP contribution in [0.5, 0.6) is 0 Å². The van der Waals surface area contributed by atoms with E-state index in [0.29, 0.717) is 11.4 Å². The molecule has 0 radical (unpaired) electrons. The van der Waals surface area contributed by atoms with Gasteiger partial charge in [-0.3, -0.25) is 9.78 Å². The lowest BCUT2D eigenvalue weighted by Gasteiger charge is -2.18. The molecule has 24 heavy (non-hydrogen) atoms. The number of hydrogen-bond acceptors (Lipinski definition) is 4. The molecular weight excluding hydrogens is 326 g/mol. The number of hydrogen-bond donors (Lipinski definition) is 1. The minimum absolute atomic E-state index is 0.157. The standard InChI is InChI=1S/C17H21N3O3S/c1-12-10-13(2)18-14(3)17(12)19-16(21)11-20(4)24(22,23)15-8-6-5-7-9-15/h5-10H,11H2,1-4H3,(H,19,21). The van der Waals surface area contributed by atoms with E-state index in [0.717, 1.165) is 15.6 Å². The number of amides is 1. The lowest BCUT2D eigenvalue weighted by molar-refractivity contribution is -0.116. The van der Waals surface area contributed by atoms with Gasteiger partial charge in [-0.15, -0.1) is 0 Å². The molecule has 1 N–H and O–H groups in total. The van der Waals surface area contributed by atoms with Crippen LogP contribution in [0.1, 0.15) is 17.0 Å². The SMILES string of the molecule is Cc1cc(C)c(NC(=O)CN(C)S(=O)(=O)c2ccccc2)c(C)n1. The molecule has 0 fully saturated rings. The molecule has 0 atom stereocenters. The zero-order valence-corrected chi connectivity index (χ0v) is 15.0. The summed E-state index contributed by atoms with van der Waals surface area (Å²) in [5.41, 5.74) is 3.08. The van der Waals surface area contributed by atoms with Crippen LogP contribution in [0.3, 0.4) is 0 Å². The summed E-state index contributed by atoms with van der Waals surface area (Å²) in [6, 6.07) is 9.90. The van der Waals surface area contributed by atoms with Crippen molar-refractivity contribution in [3.05, 3.63) is 53.3 Å². The average Bonchev–Trinajstić information content (AvgIpc) is 2.51. The van der Waals surface area contributed by atoms with Crippen LogP contribution in [-0.2, 0) is 14.8 Å². The van der Waals surface area contributed by atoms with Crippen LogP contribution < -0.4 is 5.32 Å². The fraction of sp³-hybridized carbons (Fsp3) is 0.294. The van der Waals surface area contributed by atoms with Gasteiger partial charge in [0.05, 0.1) is 22.8 Å². The maximum Gasteiger partial charge on any atom is 0.243 e. The van der Waals surface area contributed by atoms with Crippen LogP contribution in [0.4, 0.5) is 5.69 Å². The molecule has 2 rings (SSSR count). The zero-order chi connectivity index (χ0) is 17.9. The Morgan fingerprint density at radius 1 is 1.17 bits per heavy atom. The van der Waals surface area contributed by atoms with Crippen molar-refractivity contribution in [2.24, 2.45) is 0 Å². The number of carbonyl (C=O) groups excluding carboxylic acids is 1. The second-order valence-electron chi connectivity index (χ2n) is 5.66. The van der Waals surface area contributed by atoms with Gasteiger partial charge in [-0.1, -0.05) is 18.2 Å². The monoisotopic (exact) mass is 347 g/mol. The summed E-state index contributed by atoms with van der Waals surface area (Å²) in [5.74, 6) is -0.408. The number of rotatable bonds is 5. The third-order valence-corrected chi connectivity index (χ3v) is 5.43. The summed E-state index contributed by atoms with van der Waals surface area (Å²) in [5, 5.41) is 2.75. The van der Waals surface area contributed by atoms with Gasteiger partial charge in [0.2, 0.25) is 15.9 Å². The molecule has 128 valence electrons. The van der Waals surface area contributed by atoms with Crippen molar-refractivity contribution in [1.29, 1.82) is 0 Å². The van der Waals surface area contributed by atoms with Crippen molar-refractivity contribution in [2.45, 2.75) is 25.7 Å². The molecule has 2 aromatic rings. The maximum absolute atomic E-state index is 12.4. The van der Waals surface area contributed by atoms with Crippen molar-refractivity contribution in [1.82, 2.24) is 9.29 Å². The quantitative estimate of drug-likeness (QED) is 0.900. The van der Waals surface area contributed by atoms with E-state index in [1.54, 1.807) is 25.1 Å². The zero-order valence-electron chi connectivity index (χ0n) is 14.2. The van der Waals surface area contributed by atoms with Gasteiger partial charge in [0, 0.05) is 12.7 Å². The Morgan fingerprint density at radius 3 is 2.38 bits per heavy atom. The number of benzene rings is 1. The number of aryl methyl sites for hydroxylation is 3. The van der Waals surface area contributed by atoms with Crippen LogP contribution in [-0.4, -0.2) is 37.2 Å². The second kappa shape index (κ2) is 7.11. The average molecular weight is 347 g/mol. The lowest BCUT2D eigenvalue weighted by Crippen LogP contribution is -2.35. The first-order valence-electron chi connectivity index (χ1n) is 7.48. The summed E-state index contributed by atoms with van der Waals surface area (Å²) in [4.78, 5) is 16.7. The van der Waals surface area contributed by atoms with Crippen molar-refractivity contribution in [3.8, 4) is 0 Å². The number of pyridine rings is 1. The topological polar surface area (TPSA) is 79.4 Å². The van der Waals surface area contributed by atoms with E-state index in [1.807, 2.05) is 19.9 Å². The third-order valence-electron chi connectivity index (χ3n) is 3.61. The fourth-order valence-electron chi connectivity index (χ4n) is 2.45. The van der Waals surface area contributed by atoms with E-state index in [-0.39, 0.29) is 11.4 Å².